The molecule has 0 saturated carbocycles. The van der Waals surface area contributed by atoms with Crippen molar-refractivity contribution >= 4 is 35.3 Å². The average Bonchev–Trinajstić information content (AvgIpc) is 2.97. The molecule has 4 aromatic rings. The van der Waals surface area contributed by atoms with E-state index in [9.17, 15) is 29.4 Å². The van der Waals surface area contributed by atoms with E-state index >= 15 is 0 Å². The molecule has 0 aromatic heterocycles. The van der Waals surface area contributed by atoms with E-state index in [1.807, 2.05) is 24.3 Å². The average molecular weight is 555 g/mol. The number of anilines is 2. The second kappa shape index (κ2) is 13.2. The summed E-state index contributed by atoms with van der Waals surface area (Å²) in [6.45, 7) is 0. The lowest BCUT2D eigenvalue weighted by Crippen LogP contribution is -2.43. The number of phenols is 2. The zero-order valence-corrected chi connectivity index (χ0v) is 21.5. The van der Waals surface area contributed by atoms with Crippen molar-refractivity contribution in [2.24, 2.45) is 0 Å². The molecule has 0 fully saturated rings. The van der Waals surface area contributed by atoms with E-state index < -0.39 is 23.9 Å². The van der Waals surface area contributed by atoms with Crippen molar-refractivity contribution in [2.75, 3.05) is 10.6 Å². The molecule has 0 unspecified atom stereocenters. The van der Waals surface area contributed by atoms with Crippen LogP contribution in [0.3, 0.4) is 0 Å². The van der Waals surface area contributed by atoms with Gasteiger partial charge in [0.25, 0.3) is 11.8 Å². The maximum Gasteiger partial charge on any atom is 0.337 e. The summed E-state index contributed by atoms with van der Waals surface area (Å²) in [5.74, 6) is -1.01. The quantitative estimate of drug-likeness (QED) is 0.169. The molecule has 208 valence electrons. The molecule has 0 bridgehead atoms. The topological polar surface area (TPSA) is 181 Å². The van der Waals surface area contributed by atoms with Gasteiger partial charge in [-0.3, -0.25) is 20.4 Å². The van der Waals surface area contributed by atoms with Gasteiger partial charge in [-0.15, -0.1) is 0 Å². The Bertz CT molecular complexity index is 1410. The van der Waals surface area contributed by atoms with E-state index in [-0.39, 0.29) is 22.6 Å². The smallest absolute Gasteiger partial charge is 0.337 e. The third-order valence-corrected chi connectivity index (χ3v) is 5.67. The molecule has 0 aliphatic heterocycles. The minimum absolute atomic E-state index is 0.0291. The molecular formula is C29H26N6O6. The zero-order valence-electron chi connectivity index (χ0n) is 21.5. The Labute approximate surface area is 234 Å². The largest absolute Gasteiger partial charge is 0.508 e. The lowest BCUT2D eigenvalue weighted by Gasteiger charge is -2.11. The summed E-state index contributed by atoms with van der Waals surface area (Å²) in [6.07, 6.45) is 0.602. The predicted octanol–water partition coefficient (Wildman–Crippen LogP) is 3.62. The van der Waals surface area contributed by atoms with E-state index in [0.717, 1.165) is 11.1 Å². The molecule has 12 heteroatoms. The maximum atomic E-state index is 12.1. The van der Waals surface area contributed by atoms with Crippen LogP contribution in [0, 0.1) is 0 Å². The Morgan fingerprint density at radius 3 is 1.15 bits per heavy atom. The highest BCUT2D eigenvalue weighted by atomic mass is 16.3. The van der Waals surface area contributed by atoms with E-state index in [4.69, 9.17) is 0 Å². The van der Waals surface area contributed by atoms with Crippen LogP contribution in [0.1, 0.15) is 31.8 Å². The van der Waals surface area contributed by atoms with Crippen LogP contribution >= 0.6 is 0 Å². The van der Waals surface area contributed by atoms with Crippen molar-refractivity contribution in [3.8, 4) is 11.5 Å². The molecule has 8 N–H and O–H groups in total. The van der Waals surface area contributed by atoms with Gasteiger partial charge in [-0.1, -0.05) is 24.3 Å². The number of aromatic hydroxyl groups is 2. The summed E-state index contributed by atoms with van der Waals surface area (Å²) >= 11 is 0. The lowest BCUT2D eigenvalue weighted by molar-refractivity contribution is 0.0931. The third-order valence-electron chi connectivity index (χ3n) is 5.67. The Balaban J connectivity index is 1.19. The zero-order chi connectivity index (χ0) is 29.2. The lowest BCUT2D eigenvalue weighted by atomic mass is 10.0. The molecule has 0 aliphatic carbocycles. The number of benzene rings is 4. The van der Waals surface area contributed by atoms with Crippen LogP contribution < -0.4 is 32.3 Å². The van der Waals surface area contributed by atoms with Gasteiger partial charge in [0.05, 0.1) is 0 Å². The van der Waals surface area contributed by atoms with Gasteiger partial charge in [0, 0.05) is 22.5 Å². The predicted molar refractivity (Wildman–Crippen MR) is 151 cm³/mol. The van der Waals surface area contributed by atoms with Gasteiger partial charge in [-0.25, -0.2) is 20.4 Å². The van der Waals surface area contributed by atoms with Crippen LogP contribution in [0.15, 0.2) is 97.1 Å². The van der Waals surface area contributed by atoms with Gasteiger partial charge in [0.1, 0.15) is 11.5 Å². The molecule has 6 amide bonds. The summed E-state index contributed by atoms with van der Waals surface area (Å²) in [5.41, 5.74) is 12.6. The van der Waals surface area contributed by atoms with Crippen LogP contribution in [0.2, 0.25) is 0 Å². The van der Waals surface area contributed by atoms with E-state index in [0.29, 0.717) is 17.8 Å². The van der Waals surface area contributed by atoms with Crippen molar-refractivity contribution < 1.29 is 29.4 Å². The summed E-state index contributed by atoms with van der Waals surface area (Å²) < 4.78 is 0. The summed E-state index contributed by atoms with van der Waals surface area (Å²) in [5, 5.41) is 23.8. The first-order chi connectivity index (χ1) is 19.7. The van der Waals surface area contributed by atoms with Gasteiger partial charge in [0.2, 0.25) is 0 Å². The molecule has 0 radical (unpaired) electrons. The van der Waals surface area contributed by atoms with Gasteiger partial charge in [-0.2, -0.15) is 0 Å². The van der Waals surface area contributed by atoms with Gasteiger partial charge in [-0.05, 0) is 90.3 Å². The third kappa shape index (κ3) is 8.48. The number of urea groups is 2. The summed E-state index contributed by atoms with van der Waals surface area (Å²) in [6, 6.07) is 24.2. The molecule has 0 heterocycles. The fourth-order valence-corrected chi connectivity index (χ4v) is 3.57. The highest BCUT2D eigenvalue weighted by Gasteiger charge is 2.09. The van der Waals surface area contributed by atoms with Crippen molar-refractivity contribution in [2.45, 2.75) is 6.42 Å². The van der Waals surface area contributed by atoms with Crippen LogP contribution in [0.4, 0.5) is 21.0 Å². The normalized spacial score (nSPS) is 10.1. The minimum Gasteiger partial charge on any atom is -0.508 e. The van der Waals surface area contributed by atoms with Crippen molar-refractivity contribution in [3.05, 3.63) is 119 Å². The number of carbonyl (C=O) groups excluding carboxylic acids is 4. The highest BCUT2D eigenvalue weighted by Crippen LogP contribution is 2.16. The molecule has 12 nitrogen and oxygen atoms in total. The number of phenolic OH excluding ortho intramolecular Hbond substituents is 2. The second-order valence-corrected chi connectivity index (χ2v) is 8.73. The van der Waals surface area contributed by atoms with Gasteiger partial charge < -0.3 is 20.8 Å². The second-order valence-electron chi connectivity index (χ2n) is 8.73. The number of carbonyl (C=O) groups is 4. The van der Waals surface area contributed by atoms with E-state index in [1.165, 1.54) is 48.5 Å². The first-order valence-electron chi connectivity index (χ1n) is 12.3. The highest BCUT2D eigenvalue weighted by molar-refractivity contribution is 5.98. The minimum atomic E-state index is -0.628. The Morgan fingerprint density at radius 1 is 0.463 bits per heavy atom. The number of amides is 6. The SMILES string of the molecule is O=C(NNC(=O)c1ccc(O)cc1)Nc1ccc(Cc2ccc(NC(=O)NNC(=O)c3ccc(O)cc3)cc2)cc1. The number of hydrogen-bond donors (Lipinski definition) is 8. The summed E-state index contributed by atoms with van der Waals surface area (Å²) in [7, 11) is 0. The molecule has 41 heavy (non-hydrogen) atoms. The Hall–Kier alpha value is -6.04. The fraction of sp³-hybridized carbons (Fsp3) is 0.0345. The van der Waals surface area contributed by atoms with Gasteiger partial charge in [0.15, 0.2) is 0 Å². The Kier molecular flexibility index (Phi) is 8.98. The number of nitrogens with one attached hydrogen (secondary N) is 6. The number of hydrazine groups is 2. The Morgan fingerprint density at radius 2 is 0.805 bits per heavy atom. The molecule has 0 atom stereocenters. The standard InChI is InChI=1S/C29H26N6O6/c36-24-13-5-20(6-14-24)26(38)32-34-28(40)30-22-9-1-18(2-10-22)17-19-3-11-23(12-4-19)31-29(41)35-33-27(39)21-7-15-25(37)16-8-21/h1-16,36-37H,17H2,(H,32,38)(H,33,39)(H2,30,34,40)(H2,31,35,41). The van der Waals surface area contributed by atoms with Crippen LogP contribution in [-0.2, 0) is 6.42 Å². The first kappa shape index (κ1) is 28.0. The van der Waals surface area contributed by atoms with Crippen LogP contribution in [-0.4, -0.2) is 34.1 Å². The van der Waals surface area contributed by atoms with Crippen LogP contribution in [0.5, 0.6) is 11.5 Å². The number of rotatable bonds is 6. The van der Waals surface area contributed by atoms with Crippen LogP contribution in [0.25, 0.3) is 0 Å². The molecular weight excluding hydrogens is 528 g/mol. The maximum absolute atomic E-state index is 12.1. The molecule has 4 rings (SSSR count). The van der Waals surface area contributed by atoms with Crippen molar-refractivity contribution in [1.29, 1.82) is 0 Å². The molecule has 4 aromatic carbocycles. The molecule has 0 saturated heterocycles. The van der Waals surface area contributed by atoms with Crippen molar-refractivity contribution in [3.63, 3.8) is 0 Å². The monoisotopic (exact) mass is 554 g/mol. The van der Waals surface area contributed by atoms with E-state index in [2.05, 4.69) is 32.3 Å². The molecule has 0 spiro atoms. The van der Waals surface area contributed by atoms with Gasteiger partial charge >= 0.3 is 12.1 Å². The number of hydrogen-bond acceptors (Lipinski definition) is 6. The fourth-order valence-electron chi connectivity index (χ4n) is 3.57. The first-order valence-corrected chi connectivity index (χ1v) is 12.3. The van der Waals surface area contributed by atoms with Crippen molar-refractivity contribution in [1.82, 2.24) is 21.7 Å². The molecule has 0 aliphatic rings. The summed E-state index contributed by atoms with van der Waals surface area (Å²) in [4.78, 5) is 48.3. The van der Waals surface area contributed by atoms with E-state index in [1.54, 1.807) is 24.3 Å².